The van der Waals surface area contributed by atoms with Gasteiger partial charge in [0.15, 0.2) is 0 Å². The van der Waals surface area contributed by atoms with E-state index in [1.165, 1.54) is 6.42 Å². The number of hydrogen-bond donors (Lipinski definition) is 2. The Hall–Kier alpha value is -0.960. The number of pyridine rings is 1. The lowest BCUT2D eigenvalue weighted by Crippen LogP contribution is -2.39. The summed E-state index contributed by atoms with van der Waals surface area (Å²) in [5.74, 6) is 0.184. The van der Waals surface area contributed by atoms with Gasteiger partial charge in [0.2, 0.25) is 5.91 Å². The van der Waals surface area contributed by atoms with Crippen molar-refractivity contribution in [3.05, 3.63) is 22.8 Å². The molecule has 0 saturated carbocycles. The number of alkyl halides is 3. The van der Waals surface area contributed by atoms with Gasteiger partial charge in [0, 0.05) is 44.3 Å². The summed E-state index contributed by atoms with van der Waals surface area (Å²) < 4.78 is 37.8. The van der Waals surface area contributed by atoms with Crippen molar-refractivity contribution in [1.82, 2.24) is 15.2 Å². The number of fused-ring (bicyclic) bond motifs is 2. The minimum atomic E-state index is -4.48. The molecule has 2 bridgehead atoms. The highest BCUT2D eigenvalue weighted by atomic mass is 35.5. The highest BCUT2D eigenvalue weighted by Crippen LogP contribution is 2.32. The fraction of sp³-hybridized carbons (Fsp3) is 0.625. The van der Waals surface area contributed by atoms with E-state index in [4.69, 9.17) is 11.6 Å². The number of nitrogens with one attached hydrogen (secondary N) is 2. The van der Waals surface area contributed by atoms with Crippen LogP contribution in [0.2, 0.25) is 5.02 Å². The lowest BCUT2D eigenvalue weighted by molar-refractivity contribution is -0.137. The summed E-state index contributed by atoms with van der Waals surface area (Å²) in [6.07, 6.45) is -0.277. The first-order valence-electron chi connectivity index (χ1n) is 8.33. The first-order chi connectivity index (χ1) is 11.8. The van der Waals surface area contributed by atoms with E-state index in [1.54, 1.807) is 0 Å². The lowest BCUT2D eigenvalue weighted by atomic mass is 10.1. The van der Waals surface area contributed by atoms with Crippen LogP contribution < -0.4 is 10.6 Å². The normalized spacial score (nSPS) is 21.7. The minimum Gasteiger partial charge on any atom is -0.368 e. The number of likely N-dealkylation sites (tertiary alicyclic amines) is 1. The van der Waals surface area contributed by atoms with Crippen LogP contribution in [0.25, 0.3) is 0 Å². The second-order valence-electron chi connectivity index (χ2n) is 6.50. The first kappa shape index (κ1) is 24.1. The number of nitrogens with zero attached hydrogens (tertiary/aromatic N) is 2. The average molecular weight is 450 g/mol. The summed E-state index contributed by atoms with van der Waals surface area (Å²) in [6.45, 7) is 1.73. The number of hydrogen-bond acceptors (Lipinski definition) is 4. The zero-order valence-corrected chi connectivity index (χ0v) is 16.8. The number of carbonyl (C=O) groups is 1. The SMILES string of the molecule is Cl.Cl.O=C(CCNc1ncc(C(F)(F)F)cc1Cl)N1CCC2CCC(C1)N2. The van der Waals surface area contributed by atoms with Crippen molar-refractivity contribution in [2.75, 3.05) is 25.0 Å². The molecule has 2 unspecified atom stereocenters. The molecule has 2 N–H and O–H groups in total. The fourth-order valence-corrected chi connectivity index (χ4v) is 3.57. The Morgan fingerprint density at radius 1 is 1.30 bits per heavy atom. The van der Waals surface area contributed by atoms with E-state index in [2.05, 4.69) is 15.6 Å². The van der Waals surface area contributed by atoms with Gasteiger partial charge in [-0.25, -0.2) is 4.98 Å². The highest BCUT2D eigenvalue weighted by molar-refractivity contribution is 6.32. The second kappa shape index (κ2) is 10.0. The molecule has 2 aliphatic heterocycles. The Labute approximate surface area is 173 Å². The monoisotopic (exact) mass is 448 g/mol. The van der Waals surface area contributed by atoms with E-state index in [1.807, 2.05) is 4.90 Å². The molecule has 11 heteroatoms. The third-order valence-corrected chi connectivity index (χ3v) is 4.96. The van der Waals surface area contributed by atoms with Crippen molar-refractivity contribution in [2.45, 2.75) is 43.9 Å². The molecule has 3 rings (SSSR count). The summed E-state index contributed by atoms with van der Waals surface area (Å²) in [5.41, 5.74) is -0.897. The van der Waals surface area contributed by atoms with Gasteiger partial charge in [-0.05, 0) is 25.3 Å². The third-order valence-electron chi connectivity index (χ3n) is 4.68. The number of carbonyl (C=O) groups excluding carboxylic acids is 1. The van der Waals surface area contributed by atoms with Gasteiger partial charge in [-0.2, -0.15) is 13.2 Å². The number of amides is 1. The molecule has 154 valence electrons. The Bertz CT molecular complexity index is 648. The van der Waals surface area contributed by atoms with Crippen molar-refractivity contribution < 1.29 is 18.0 Å². The summed E-state index contributed by atoms with van der Waals surface area (Å²) in [5, 5.41) is 6.24. The van der Waals surface area contributed by atoms with Crippen molar-refractivity contribution in [3.63, 3.8) is 0 Å². The van der Waals surface area contributed by atoms with E-state index in [9.17, 15) is 18.0 Å². The molecule has 2 fully saturated rings. The number of aromatic nitrogens is 1. The number of rotatable bonds is 4. The molecule has 1 aromatic rings. The molecule has 3 heterocycles. The van der Waals surface area contributed by atoms with Crippen LogP contribution in [-0.4, -0.2) is 47.5 Å². The summed E-state index contributed by atoms with van der Waals surface area (Å²) in [6, 6.07) is 1.71. The van der Waals surface area contributed by atoms with Gasteiger partial charge in [-0.15, -0.1) is 24.8 Å². The van der Waals surface area contributed by atoms with E-state index < -0.39 is 11.7 Å². The van der Waals surface area contributed by atoms with Crippen molar-refractivity contribution in [2.24, 2.45) is 0 Å². The second-order valence-corrected chi connectivity index (χ2v) is 6.90. The van der Waals surface area contributed by atoms with Crippen LogP contribution >= 0.6 is 36.4 Å². The predicted octanol–water partition coefficient (Wildman–Crippen LogP) is 3.75. The molecule has 1 aromatic heterocycles. The highest BCUT2D eigenvalue weighted by Gasteiger charge is 2.32. The van der Waals surface area contributed by atoms with Crippen molar-refractivity contribution in [1.29, 1.82) is 0 Å². The average Bonchev–Trinajstić information content (AvgIpc) is 2.86. The van der Waals surface area contributed by atoms with Gasteiger partial charge in [-0.1, -0.05) is 11.6 Å². The Morgan fingerprint density at radius 3 is 2.67 bits per heavy atom. The van der Waals surface area contributed by atoms with Crippen LogP contribution in [0.1, 0.15) is 31.2 Å². The van der Waals surface area contributed by atoms with Crippen LogP contribution in [0.3, 0.4) is 0 Å². The van der Waals surface area contributed by atoms with Crippen molar-refractivity contribution >= 4 is 48.1 Å². The Kier molecular flexibility index (Phi) is 8.92. The summed E-state index contributed by atoms with van der Waals surface area (Å²) in [4.78, 5) is 17.9. The zero-order chi connectivity index (χ0) is 18.0. The van der Waals surface area contributed by atoms with E-state index in [0.29, 0.717) is 18.6 Å². The van der Waals surface area contributed by atoms with Crippen LogP contribution in [-0.2, 0) is 11.0 Å². The molecular formula is C16H22Cl3F3N4O. The molecule has 2 saturated heterocycles. The van der Waals surface area contributed by atoms with Crippen LogP contribution in [0.4, 0.5) is 19.0 Å². The standard InChI is InChI=1S/C16H20ClF3N4O.2ClH/c17-13-7-10(16(18,19)20)8-22-15(13)21-5-3-14(25)24-6-4-11-1-2-12(9-24)23-11;;/h7-8,11-12,23H,1-6,9H2,(H,21,22);2*1H. The smallest absolute Gasteiger partial charge is 0.368 e. The predicted molar refractivity (Wildman–Crippen MR) is 103 cm³/mol. The molecule has 0 spiro atoms. The lowest BCUT2D eigenvalue weighted by Gasteiger charge is -2.24. The quantitative estimate of drug-likeness (QED) is 0.735. The number of anilines is 1. The maximum absolute atomic E-state index is 12.6. The van der Waals surface area contributed by atoms with E-state index in [0.717, 1.165) is 31.6 Å². The van der Waals surface area contributed by atoms with E-state index >= 15 is 0 Å². The largest absolute Gasteiger partial charge is 0.417 e. The summed E-state index contributed by atoms with van der Waals surface area (Å²) in [7, 11) is 0. The van der Waals surface area contributed by atoms with Gasteiger partial charge >= 0.3 is 6.18 Å². The van der Waals surface area contributed by atoms with Gasteiger partial charge in [0.25, 0.3) is 0 Å². The topological polar surface area (TPSA) is 57.3 Å². The minimum absolute atomic E-state index is 0. The first-order valence-corrected chi connectivity index (χ1v) is 8.71. The Balaban J connectivity index is 0.00000182. The van der Waals surface area contributed by atoms with Crippen LogP contribution in [0.15, 0.2) is 12.3 Å². The fourth-order valence-electron chi connectivity index (χ4n) is 3.34. The third kappa shape index (κ3) is 6.27. The molecule has 2 atom stereocenters. The molecule has 2 aliphatic rings. The Morgan fingerprint density at radius 2 is 2.00 bits per heavy atom. The molecule has 1 amide bonds. The van der Waals surface area contributed by atoms with Crippen molar-refractivity contribution in [3.8, 4) is 0 Å². The molecule has 27 heavy (non-hydrogen) atoms. The molecule has 5 nitrogen and oxygen atoms in total. The maximum Gasteiger partial charge on any atom is 0.417 e. The van der Waals surface area contributed by atoms with Gasteiger partial charge in [-0.3, -0.25) is 4.79 Å². The molecule has 0 aliphatic carbocycles. The van der Waals surface area contributed by atoms with Gasteiger partial charge in [0.1, 0.15) is 5.82 Å². The van der Waals surface area contributed by atoms with Crippen LogP contribution in [0, 0.1) is 0 Å². The molecular weight excluding hydrogens is 428 g/mol. The molecule has 0 aromatic carbocycles. The van der Waals surface area contributed by atoms with E-state index in [-0.39, 0.29) is 54.5 Å². The zero-order valence-electron chi connectivity index (χ0n) is 14.4. The molecule has 0 radical (unpaired) electrons. The number of halogens is 6. The van der Waals surface area contributed by atoms with Gasteiger partial charge in [0.05, 0.1) is 10.6 Å². The van der Waals surface area contributed by atoms with Crippen LogP contribution in [0.5, 0.6) is 0 Å². The maximum atomic E-state index is 12.6. The van der Waals surface area contributed by atoms with Gasteiger partial charge < -0.3 is 15.5 Å². The summed E-state index contributed by atoms with van der Waals surface area (Å²) >= 11 is 5.84.